The lowest BCUT2D eigenvalue weighted by atomic mass is 9.38. The third kappa shape index (κ3) is 4.40. The first-order valence-corrected chi connectivity index (χ1v) is 12.2. The van der Waals surface area contributed by atoms with E-state index in [2.05, 4.69) is 19.9 Å². The van der Waals surface area contributed by atoms with Crippen LogP contribution in [0.5, 0.6) is 0 Å². The fourth-order valence-electron chi connectivity index (χ4n) is 3.71. The van der Waals surface area contributed by atoms with Crippen LogP contribution < -0.4 is 4.90 Å². The molecule has 1 aromatic carbocycles. The number of nitrogens with one attached hydrogen (secondary N) is 1. The van der Waals surface area contributed by atoms with Gasteiger partial charge in [-0.05, 0) is 17.7 Å². The van der Waals surface area contributed by atoms with E-state index in [9.17, 15) is 4.21 Å². The highest BCUT2D eigenvalue weighted by atomic mass is 32.2. The summed E-state index contributed by atoms with van der Waals surface area (Å²) in [6, 6.07) is 5.64. The molecule has 2 atom stereocenters. The van der Waals surface area contributed by atoms with Gasteiger partial charge in [0.25, 0.3) is 0 Å². The van der Waals surface area contributed by atoms with Gasteiger partial charge >= 0.3 is 0 Å². The molecule has 1 saturated heterocycles. The average Bonchev–Trinajstić information content (AvgIpc) is 3.15. The Morgan fingerprint density at radius 2 is 1.80 bits per heavy atom. The molecule has 12 heteroatoms. The van der Waals surface area contributed by atoms with Crippen molar-refractivity contribution in [3.05, 3.63) is 41.7 Å². The van der Waals surface area contributed by atoms with Crippen molar-refractivity contribution >= 4 is 60.8 Å². The van der Waals surface area contributed by atoms with Crippen molar-refractivity contribution in [2.75, 3.05) is 37.3 Å². The molecule has 0 spiro atoms. The molecule has 3 heterocycles. The maximum atomic E-state index is 11.8. The van der Waals surface area contributed by atoms with Crippen LogP contribution in [0.25, 0.3) is 10.2 Å². The Morgan fingerprint density at radius 1 is 1.13 bits per heavy atom. The Labute approximate surface area is 184 Å². The summed E-state index contributed by atoms with van der Waals surface area (Å²) in [6.07, 6.45) is 4.27. The smallest absolute Gasteiger partial charge is 0.225 e. The van der Waals surface area contributed by atoms with E-state index in [1.54, 1.807) is 11.3 Å². The number of thiazole rings is 1. The maximum Gasteiger partial charge on any atom is 0.225 e. The number of rotatable bonds is 5. The van der Waals surface area contributed by atoms with Gasteiger partial charge in [0.1, 0.15) is 0 Å². The maximum absolute atomic E-state index is 11.8. The van der Waals surface area contributed by atoms with Crippen molar-refractivity contribution in [2.45, 2.75) is 16.1 Å². The zero-order chi connectivity index (χ0) is 21.5. The van der Waals surface area contributed by atoms with Gasteiger partial charge in [-0.3, -0.25) is 4.90 Å². The zero-order valence-electron chi connectivity index (χ0n) is 16.6. The fraction of sp³-hybridized carbons (Fsp3) is 0.389. The van der Waals surface area contributed by atoms with Crippen molar-refractivity contribution in [3.63, 3.8) is 0 Å². The van der Waals surface area contributed by atoms with Crippen molar-refractivity contribution in [1.82, 2.24) is 19.9 Å². The Morgan fingerprint density at radius 3 is 2.40 bits per heavy atom. The summed E-state index contributed by atoms with van der Waals surface area (Å²) in [6.45, 7) is 2.66. The van der Waals surface area contributed by atoms with Crippen LogP contribution in [0.1, 0.15) is 11.6 Å². The summed E-state index contributed by atoms with van der Waals surface area (Å²) in [5.41, 5.74) is 3.65. The summed E-state index contributed by atoms with van der Waals surface area (Å²) in [5, 5.41) is -1.42. The van der Waals surface area contributed by atoms with Crippen LogP contribution in [0.2, 0.25) is 5.11 Å². The molecule has 2 aromatic heterocycles. The van der Waals surface area contributed by atoms with Crippen LogP contribution in [-0.4, -0.2) is 80.0 Å². The van der Waals surface area contributed by atoms with E-state index in [4.69, 9.17) is 28.3 Å². The largest absolute Gasteiger partial charge is 0.338 e. The molecule has 0 aliphatic carbocycles. The van der Waals surface area contributed by atoms with Crippen LogP contribution >= 0.6 is 11.3 Å². The predicted molar refractivity (Wildman–Crippen MR) is 123 cm³/mol. The predicted octanol–water partition coefficient (Wildman–Crippen LogP) is 1.56. The molecular weight excluding hydrogens is 413 g/mol. The summed E-state index contributed by atoms with van der Waals surface area (Å²) in [4.78, 5) is 17.5. The lowest BCUT2D eigenvalue weighted by Crippen LogP contribution is -2.51. The Kier molecular flexibility index (Phi) is 5.67. The lowest BCUT2D eigenvalue weighted by Gasteiger charge is -2.45. The molecule has 7 nitrogen and oxygen atoms in total. The van der Waals surface area contributed by atoms with E-state index in [-0.39, 0.29) is 6.04 Å². The number of hydrogen-bond donors (Lipinski definition) is 1. The first-order chi connectivity index (χ1) is 14.1. The number of piperazine rings is 1. The van der Waals surface area contributed by atoms with E-state index in [0.29, 0.717) is 37.0 Å². The van der Waals surface area contributed by atoms with Crippen LogP contribution in [0.15, 0.2) is 41.0 Å². The SMILES string of the molecule is [B]C([B])([B])C(c1ccc2scnc2c1)N1CCN(c2ncc(S(C)(=N)=O)cn2)CC1. The number of aromatic nitrogens is 3. The molecule has 0 amide bonds. The number of nitrogens with zero attached hydrogens (tertiary/aromatic N) is 5. The first kappa shape index (κ1) is 21.3. The highest BCUT2D eigenvalue weighted by molar-refractivity contribution is 7.91. The van der Waals surface area contributed by atoms with Gasteiger partial charge in [0.15, 0.2) is 0 Å². The Hall–Kier alpha value is -1.91. The van der Waals surface area contributed by atoms with Crippen LogP contribution in [0.4, 0.5) is 5.95 Å². The van der Waals surface area contributed by atoms with E-state index < -0.39 is 14.8 Å². The van der Waals surface area contributed by atoms with Gasteiger partial charge in [0, 0.05) is 50.9 Å². The van der Waals surface area contributed by atoms with Gasteiger partial charge in [-0.2, -0.15) is 0 Å². The molecular formula is C18H19B3N6OS2. The minimum Gasteiger partial charge on any atom is -0.338 e. The fourth-order valence-corrected chi connectivity index (χ4v) is 4.88. The van der Waals surface area contributed by atoms with Crippen molar-refractivity contribution < 1.29 is 4.21 Å². The molecule has 2 unspecified atom stereocenters. The molecule has 1 aliphatic rings. The second-order valence-electron chi connectivity index (χ2n) is 7.57. The van der Waals surface area contributed by atoms with E-state index in [0.717, 1.165) is 15.8 Å². The molecule has 1 fully saturated rings. The van der Waals surface area contributed by atoms with Crippen LogP contribution in [0, 0.1) is 4.78 Å². The molecule has 1 N–H and O–H groups in total. The normalized spacial score (nSPS) is 18.9. The van der Waals surface area contributed by atoms with Gasteiger partial charge in [0.2, 0.25) is 5.95 Å². The minimum atomic E-state index is -2.83. The molecule has 148 valence electrons. The third-order valence-electron chi connectivity index (χ3n) is 5.17. The van der Waals surface area contributed by atoms with Crippen LogP contribution in [0.3, 0.4) is 0 Å². The summed E-state index contributed by atoms with van der Waals surface area (Å²) >= 11 is 1.58. The topological polar surface area (TPSA) is 86.1 Å². The number of hydrogen-bond acceptors (Lipinski definition) is 8. The van der Waals surface area contributed by atoms with E-state index in [1.807, 2.05) is 28.6 Å². The Balaban J connectivity index is 1.51. The van der Waals surface area contributed by atoms with Gasteiger partial charge in [-0.15, -0.1) is 16.4 Å². The molecule has 4 rings (SSSR count). The highest BCUT2D eigenvalue weighted by Gasteiger charge is 2.33. The zero-order valence-corrected chi connectivity index (χ0v) is 18.2. The first-order valence-electron chi connectivity index (χ1n) is 9.37. The molecule has 0 bridgehead atoms. The third-order valence-corrected chi connectivity index (χ3v) is 7.09. The molecule has 0 saturated carbocycles. The van der Waals surface area contributed by atoms with Gasteiger partial charge in [0.05, 0.1) is 53.9 Å². The number of anilines is 1. The van der Waals surface area contributed by atoms with Gasteiger partial charge in [-0.1, -0.05) is 6.07 Å². The van der Waals surface area contributed by atoms with Crippen molar-refractivity contribution in [1.29, 1.82) is 4.78 Å². The summed E-state index contributed by atoms with van der Waals surface area (Å²) in [7, 11) is 15.7. The van der Waals surface area contributed by atoms with Gasteiger partial charge in [-0.25, -0.2) is 23.9 Å². The highest BCUT2D eigenvalue weighted by Crippen LogP contribution is 2.38. The number of benzene rings is 1. The van der Waals surface area contributed by atoms with Gasteiger partial charge < -0.3 is 4.90 Å². The molecule has 1 aliphatic heterocycles. The summed E-state index contributed by atoms with van der Waals surface area (Å²) in [5.74, 6) is 0.544. The monoisotopic (exact) mass is 432 g/mol. The average molecular weight is 432 g/mol. The number of fused-ring (bicyclic) bond motifs is 1. The van der Waals surface area contributed by atoms with Crippen molar-refractivity contribution in [2.24, 2.45) is 0 Å². The van der Waals surface area contributed by atoms with Crippen LogP contribution in [-0.2, 0) is 9.73 Å². The second-order valence-corrected chi connectivity index (χ2v) is 10.6. The van der Waals surface area contributed by atoms with Crippen molar-refractivity contribution in [3.8, 4) is 0 Å². The molecule has 30 heavy (non-hydrogen) atoms. The quantitative estimate of drug-likeness (QED) is 0.617. The Bertz CT molecular complexity index is 1140. The van der Waals surface area contributed by atoms with E-state index in [1.165, 1.54) is 18.6 Å². The minimum absolute atomic E-state index is 0.321. The summed E-state index contributed by atoms with van der Waals surface area (Å²) < 4.78 is 20.5. The lowest BCUT2D eigenvalue weighted by molar-refractivity contribution is 0.184. The molecule has 3 aromatic rings. The van der Waals surface area contributed by atoms with E-state index >= 15 is 0 Å². The molecule has 6 radical (unpaired) electrons. The standard InChI is InChI=1S/C18H19B3N6OS2/c1-30(22,28)13-9-23-17(24-10-13)27-6-4-26(5-7-27)16(18(19,20)21)12-2-3-15-14(8-12)25-11-29-15/h2-3,8-11,16,22H,4-7H2,1H3. The second kappa shape index (κ2) is 7.98.